The number of carbonyl (C=O) groups is 2. The molecule has 4 nitrogen and oxygen atoms in total. The molecular weight excluding hydrogens is 239 g/mol. The number of hydrogen-bond donors (Lipinski definition) is 2. The van der Waals surface area contributed by atoms with Gasteiger partial charge in [-0.15, -0.1) is 0 Å². The van der Waals surface area contributed by atoms with Crippen molar-refractivity contribution in [2.24, 2.45) is 0 Å². The minimum atomic E-state index is -5.97. The van der Waals surface area contributed by atoms with Crippen molar-refractivity contribution in [1.82, 2.24) is 10.6 Å². The molecule has 0 spiro atoms. The molecule has 9 heteroatoms. The summed E-state index contributed by atoms with van der Waals surface area (Å²) >= 11 is 0. The van der Waals surface area contributed by atoms with Crippen LogP contribution in [0.1, 0.15) is 6.92 Å². The Bertz CT molecular complexity index is 276. The SMILES string of the molecule is CCNC(=O)CNC(=O)C(F)(F)C(F)(F)F. The molecule has 0 aromatic heterocycles. The van der Waals surface area contributed by atoms with Crippen molar-refractivity contribution in [1.29, 1.82) is 0 Å². The first-order valence-corrected chi connectivity index (χ1v) is 4.12. The molecule has 0 saturated heterocycles. The molecule has 0 atom stereocenters. The zero-order valence-corrected chi connectivity index (χ0v) is 8.12. The van der Waals surface area contributed by atoms with Gasteiger partial charge in [0.2, 0.25) is 5.91 Å². The van der Waals surface area contributed by atoms with Crippen LogP contribution in [0.5, 0.6) is 0 Å². The zero-order valence-electron chi connectivity index (χ0n) is 8.12. The van der Waals surface area contributed by atoms with E-state index in [-0.39, 0.29) is 6.54 Å². The molecule has 2 amide bonds. The van der Waals surface area contributed by atoms with Gasteiger partial charge in [0, 0.05) is 6.54 Å². The highest BCUT2D eigenvalue weighted by atomic mass is 19.4. The Labute approximate surface area is 87.2 Å². The highest BCUT2D eigenvalue weighted by Crippen LogP contribution is 2.35. The van der Waals surface area contributed by atoms with Gasteiger partial charge >= 0.3 is 18.0 Å². The number of nitrogens with one attached hydrogen (secondary N) is 2. The Morgan fingerprint density at radius 2 is 1.56 bits per heavy atom. The van der Waals surface area contributed by atoms with Gasteiger partial charge in [-0.05, 0) is 6.92 Å². The normalized spacial score (nSPS) is 12.1. The maximum Gasteiger partial charge on any atom is 0.463 e. The Kier molecular flexibility index (Phi) is 4.63. The molecular formula is C7H9F5N2O2. The predicted molar refractivity (Wildman–Crippen MR) is 42.7 cm³/mol. The summed E-state index contributed by atoms with van der Waals surface area (Å²) in [5.74, 6) is -8.90. The molecule has 0 heterocycles. The summed E-state index contributed by atoms with van der Waals surface area (Å²) in [5, 5.41) is 3.30. The number of rotatable bonds is 4. The first-order chi connectivity index (χ1) is 7.13. The fourth-order valence-electron chi connectivity index (χ4n) is 0.660. The van der Waals surface area contributed by atoms with Crippen LogP contribution in [0.15, 0.2) is 0 Å². The minimum absolute atomic E-state index is 0.171. The van der Waals surface area contributed by atoms with Crippen LogP contribution in [0.2, 0.25) is 0 Å². The highest BCUT2D eigenvalue weighted by molar-refractivity contribution is 5.88. The average Bonchev–Trinajstić information content (AvgIpc) is 2.12. The Balaban J connectivity index is 4.32. The molecule has 0 rings (SSSR count). The summed E-state index contributed by atoms with van der Waals surface area (Å²) in [6.45, 7) is 0.757. The van der Waals surface area contributed by atoms with Gasteiger partial charge in [0.05, 0.1) is 6.54 Å². The second kappa shape index (κ2) is 5.08. The van der Waals surface area contributed by atoms with Crippen molar-refractivity contribution < 1.29 is 31.5 Å². The molecule has 0 aromatic carbocycles. The molecule has 0 fully saturated rings. The number of alkyl halides is 5. The van der Waals surface area contributed by atoms with Crippen LogP contribution in [0, 0.1) is 0 Å². The van der Waals surface area contributed by atoms with Crippen molar-refractivity contribution in [3.63, 3.8) is 0 Å². The summed E-state index contributed by atoms with van der Waals surface area (Å²) in [4.78, 5) is 21.1. The summed E-state index contributed by atoms with van der Waals surface area (Å²) in [5.41, 5.74) is 0. The molecule has 16 heavy (non-hydrogen) atoms. The van der Waals surface area contributed by atoms with Crippen molar-refractivity contribution in [3.05, 3.63) is 0 Å². The van der Waals surface area contributed by atoms with Crippen LogP contribution in [0.3, 0.4) is 0 Å². The fourth-order valence-corrected chi connectivity index (χ4v) is 0.660. The maximum absolute atomic E-state index is 12.3. The fraction of sp³-hybridized carbons (Fsp3) is 0.714. The van der Waals surface area contributed by atoms with Gasteiger partial charge in [-0.3, -0.25) is 9.59 Å². The molecule has 94 valence electrons. The van der Waals surface area contributed by atoms with E-state index in [1.165, 1.54) is 12.2 Å². The van der Waals surface area contributed by atoms with E-state index in [2.05, 4.69) is 5.32 Å². The molecule has 0 aliphatic rings. The minimum Gasteiger partial charge on any atom is -0.355 e. The van der Waals surface area contributed by atoms with Crippen LogP contribution < -0.4 is 10.6 Å². The van der Waals surface area contributed by atoms with Crippen LogP contribution >= 0.6 is 0 Å². The first kappa shape index (κ1) is 14.6. The van der Waals surface area contributed by atoms with E-state index in [9.17, 15) is 31.5 Å². The molecule has 2 N–H and O–H groups in total. The Morgan fingerprint density at radius 1 is 1.06 bits per heavy atom. The van der Waals surface area contributed by atoms with Crippen molar-refractivity contribution in [2.75, 3.05) is 13.1 Å². The zero-order chi connectivity index (χ0) is 13.0. The van der Waals surface area contributed by atoms with Crippen molar-refractivity contribution >= 4 is 11.8 Å². The molecule has 0 unspecified atom stereocenters. The monoisotopic (exact) mass is 248 g/mol. The first-order valence-electron chi connectivity index (χ1n) is 4.12. The summed E-state index contributed by atoms with van der Waals surface area (Å²) < 4.78 is 59.5. The molecule has 0 saturated carbocycles. The third-order valence-corrected chi connectivity index (χ3v) is 1.42. The molecule has 0 bridgehead atoms. The molecule has 0 aromatic rings. The third-order valence-electron chi connectivity index (χ3n) is 1.42. The van der Waals surface area contributed by atoms with Gasteiger partial charge in [0.1, 0.15) is 0 Å². The number of carbonyl (C=O) groups excluding carboxylic acids is 2. The van der Waals surface area contributed by atoms with E-state index < -0.39 is 30.5 Å². The largest absolute Gasteiger partial charge is 0.463 e. The van der Waals surface area contributed by atoms with Gasteiger partial charge in [-0.25, -0.2) is 0 Å². The molecule has 0 aliphatic heterocycles. The highest BCUT2D eigenvalue weighted by Gasteiger charge is 2.63. The lowest BCUT2D eigenvalue weighted by Crippen LogP contribution is -2.52. The Morgan fingerprint density at radius 3 is 1.94 bits per heavy atom. The van der Waals surface area contributed by atoms with Gasteiger partial charge < -0.3 is 10.6 Å². The smallest absolute Gasteiger partial charge is 0.355 e. The predicted octanol–water partition coefficient (Wildman–Crippen LogP) is 0.436. The quantitative estimate of drug-likeness (QED) is 0.709. The lowest BCUT2D eigenvalue weighted by atomic mass is 10.3. The van der Waals surface area contributed by atoms with Gasteiger partial charge in [0.25, 0.3) is 0 Å². The van der Waals surface area contributed by atoms with E-state index in [0.29, 0.717) is 0 Å². The topological polar surface area (TPSA) is 58.2 Å². The maximum atomic E-state index is 12.3. The lowest BCUT2D eigenvalue weighted by molar-refractivity contribution is -0.269. The average molecular weight is 248 g/mol. The van der Waals surface area contributed by atoms with Gasteiger partial charge in [-0.1, -0.05) is 0 Å². The number of hydrogen-bond acceptors (Lipinski definition) is 2. The second-order valence-electron chi connectivity index (χ2n) is 2.71. The summed E-state index contributed by atoms with van der Waals surface area (Å²) in [6.07, 6.45) is -5.97. The number of amides is 2. The van der Waals surface area contributed by atoms with E-state index in [0.717, 1.165) is 0 Å². The molecule has 0 aliphatic carbocycles. The van der Waals surface area contributed by atoms with Crippen molar-refractivity contribution in [2.45, 2.75) is 19.0 Å². The number of likely N-dealkylation sites (N-methyl/N-ethyl adjacent to an activating group) is 1. The molecule has 0 radical (unpaired) electrons. The van der Waals surface area contributed by atoms with Gasteiger partial charge in [-0.2, -0.15) is 22.0 Å². The summed E-state index contributed by atoms with van der Waals surface area (Å²) in [7, 11) is 0. The Hall–Kier alpha value is -1.41. The van der Waals surface area contributed by atoms with Gasteiger partial charge in [0.15, 0.2) is 0 Å². The number of halogens is 5. The lowest BCUT2D eigenvalue weighted by Gasteiger charge is -2.18. The second-order valence-corrected chi connectivity index (χ2v) is 2.71. The van der Waals surface area contributed by atoms with Crippen LogP contribution in [-0.4, -0.2) is 37.0 Å². The van der Waals surface area contributed by atoms with E-state index >= 15 is 0 Å². The van der Waals surface area contributed by atoms with Crippen molar-refractivity contribution in [3.8, 4) is 0 Å². The van der Waals surface area contributed by atoms with E-state index in [4.69, 9.17) is 0 Å². The van der Waals surface area contributed by atoms with Crippen LogP contribution in [0.4, 0.5) is 22.0 Å². The summed E-state index contributed by atoms with van der Waals surface area (Å²) in [6, 6.07) is 0. The van der Waals surface area contributed by atoms with Crippen LogP contribution in [0.25, 0.3) is 0 Å². The van der Waals surface area contributed by atoms with Crippen LogP contribution in [-0.2, 0) is 9.59 Å². The standard InChI is InChI=1S/C7H9F5N2O2/c1-2-13-4(15)3-14-5(16)6(8,9)7(10,11)12/h2-3H2,1H3,(H,13,15)(H,14,16). The van der Waals surface area contributed by atoms with E-state index in [1.807, 2.05) is 0 Å². The third kappa shape index (κ3) is 3.63. The van der Waals surface area contributed by atoms with E-state index in [1.54, 1.807) is 0 Å².